The van der Waals surface area contributed by atoms with Gasteiger partial charge in [-0.05, 0) is 30.3 Å². The number of rotatable bonds is 8. The molecule has 31 heavy (non-hydrogen) atoms. The van der Waals surface area contributed by atoms with Gasteiger partial charge in [0.2, 0.25) is 0 Å². The van der Waals surface area contributed by atoms with E-state index in [1.54, 1.807) is 30.2 Å². The SMILES string of the molecule is Nc1cc(S(=O)(=O)Nc2nccs2)ccc1Nc1cnc(CNI)cc1-c1ccoc1. The van der Waals surface area contributed by atoms with E-state index in [0.717, 1.165) is 16.8 Å². The van der Waals surface area contributed by atoms with Crippen molar-refractivity contribution >= 4 is 66.4 Å². The van der Waals surface area contributed by atoms with Crippen LogP contribution in [0.5, 0.6) is 0 Å². The highest BCUT2D eigenvalue weighted by molar-refractivity contribution is 14.1. The Morgan fingerprint density at radius 1 is 1.16 bits per heavy atom. The average molecular weight is 568 g/mol. The van der Waals surface area contributed by atoms with E-state index in [9.17, 15) is 8.42 Å². The van der Waals surface area contributed by atoms with Crippen molar-refractivity contribution in [3.63, 3.8) is 0 Å². The lowest BCUT2D eigenvalue weighted by Crippen LogP contribution is -2.13. The summed E-state index contributed by atoms with van der Waals surface area (Å²) in [4.78, 5) is 8.44. The molecule has 0 saturated carbocycles. The molecule has 0 aliphatic heterocycles. The third-order valence-corrected chi connectivity index (χ3v) is 6.83. The molecule has 3 aromatic heterocycles. The third-order valence-electron chi connectivity index (χ3n) is 4.30. The van der Waals surface area contributed by atoms with E-state index in [1.165, 1.54) is 29.7 Å². The smallest absolute Gasteiger partial charge is 0.263 e. The van der Waals surface area contributed by atoms with Gasteiger partial charge in [-0.2, -0.15) is 0 Å². The van der Waals surface area contributed by atoms with Crippen molar-refractivity contribution in [3.8, 4) is 11.1 Å². The van der Waals surface area contributed by atoms with Gasteiger partial charge in [0.15, 0.2) is 5.13 Å². The summed E-state index contributed by atoms with van der Waals surface area (Å²) in [6.07, 6.45) is 6.47. The Morgan fingerprint density at radius 2 is 2.03 bits per heavy atom. The quantitative estimate of drug-likeness (QED) is 0.140. The standard InChI is InChI=1S/C19H17IN6O3S2/c20-24-9-13-7-15(12-3-5-29-11-12)18(10-23-13)25-17-2-1-14(8-16(17)21)31(27,28)26-19-22-4-6-30-19/h1-8,10-11,24-25H,9,21H2,(H,22,26). The second-order valence-electron chi connectivity index (χ2n) is 6.36. The van der Waals surface area contributed by atoms with Crippen LogP contribution in [-0.2, 0) is 16.6 Å². The van der Waals surface area contributed by atoms with E-state index in [-0.39, 0.29) is 15.7 Å². The number of nitrogen functional groups attached to an aromatic ring is 1. The van der Waals surface area contributed by atoms with Gasteiger partial charge < -0.3 is 15.5 Å². The summed E-state index contributed by atoms with van der Waals surface area (Å²) < 4.78 is 35.9. The number of benzene rings is 1. The minimum absolute atomic E-state index is 0.0439. The summed E-state index contributed by atoms with van der Waals surface area (Å²) in [6.45, 7) is 0.604. The van der Waals surface area contributed by atoms with Crippen molar-refractivity contribution in [1.82, 2.24) is 13.5 Å². The number of furan rings is 1. The summed E-state index contributed by atoms with van der Waals surface area (Å²) in [5, 5.41) is 5.22. The Balaban J connectivity index is 1.63. The lowest BCUT2D eigenvalue weighted by molar-refractivity contribution is 0.568. The number of halogens is 1. The summed E-state index contributed by atoms with van der Waals surface area (Å²) in [5.74, 6) is 0. The van der Waals surface area contributed by atoms with Gasteiger partial charge in [-0.15, -0.1) is 11.3 Å². The van der Waals surface area contributed by atoms with E-state index < -0.39 is 10.0 Å². The first-order valence-electron chi connectivity index (χ1n) is 8.90. The first-order valence-corrected chi connectivity index (χ1v) is 12.3. The minimum atomic E-state index is -3.79. The molecule has 0 aliphatic rings. The molecule has 160 valence electrons. The summed E-state index contributed by atoms with van der Waals surface area (Å²) in [6, 6.07) is 8.30. The van der Waals surface area contributed by atoms with Gasteiger partial charge in [0.25, 0.3) is 10.0 Å². The molecule has 0 atom stereocenters. The number of hydrogen-bond acceptors (Lipinski definition) is 9. The molecule has 0 aliphatic carbocycles. The zero-order chi connectivity index (χ0) is 21.8. The Labute approximate surface area is 196 Å². The van der Waals surface area contributed by atoms with E-state index in [0.29, 0.717) is 17.9 Å². The van der Waals surface area contributed by atoms with Crippen LogP contribution in [0, 0.1) is 0 Å². The van der Waals surface area contributed by atoms with E-state index >= 15 is 0 Å². The molecule has 5 N–H and O–H groups in total. The van der Waals surface area contributed by atoms with Gasteiger partial charge in [-0.25, -0.2) is 13.4 Å². The van der Waals surface area contributed by atoms with Crippen LogP contribution >= 0.6 is 34.2 Å². The minimum Gasteiger partial charge on any atom is -0.472 e. The van der Waals surface area contributed by atoms with E-state index in [4.69, 9.17) is 10.2 Å². The maximum absolute atomic E-state index is 12.6. The van der Waals surface area contributed by atoms with Crippen molar-refractivity contribution in [1.29, 1.82) is 0 Å². The van der Waals surface area contributed by atoms with Crippen molar-refractivity contribution in [2.45, 2.75) is 11.4 Å². The second kappa shape index (κ2) is 9.21. The molecule has 0 fully saturated rings. The van der Waals surface area contributed by atoms with Gasteiger partial charge in [0.05, 0.1) is 46.4 Å². The number of aromatic nitrogens is 2. The number of hydrogen-bond donors (Lipinski definition) is 4. The first kappa shape index (κ1) is 21.5. The van der Waals surface area contributed by atoms with Crippen molar-refractivity contribution in [3.05, 3.63) is 66.3 Å². The summed E-state index contributed by atoms with van der Waals surface area (Å²) in [5.41, 5.74) is 10.3. The van der Waals surface area contributed by atoms with Crippen LogP contribution in [0.4, 0.5) is 22.2 Å². The first-order chi connectivity index (χ1) is 15.0. The predicted octanol–water partition coefficient (Wildman–Crippen LogP) is 4.36. The molecule has 0 saturated heterocycles. The Morgan fingerprint density at radius 3 is 2.71 bits per heavy atom. The Kier molecular flexibility index (Phi) is 6.41. The zero-order valence-corrected chi connectivity index (χ0v) is 19.7. The van der Waals surface area contributed by atoms with Crippen LogP contribution in [-0.4, -0.2) is 18.4 Å². The molecule has 1 aromatic carbocycles. The Bertz CT molecular complexity index is 1280. The van der Waals surface area contributed by atoms with Gasteiger partial charge >= 0.3 is 0 Å². The molecule has 3 heterocycles. The molecule has 12 heteroatoms. The second-order valence-corrected chi connectivity index (χ2v) is 9.70. The number of nitrogens with zero attached hydrogens (tertiary/aromatic N) is 2. The van der Waals surface area contributed by atoms with Crippen LogP contribution in [0.25, 0.3) is 11.1 Å². The van der Waals surface area contributed by atoms with E-state index in [2.05, 4.69) is 46.4 Å². The Hall–Kier alpha value is -2.68. The fraction of sp³-hybridized carbons (Fsp3) is 0.0526. The number of anilines is 4. The van der Waals surface area contributed by atoms with Gasteiger partial charge in [-0.1, -0.05) is 0 Å². The van der Waals surface area contributed by atoms with Crippen molar-refractivity contribution in [2.75, 3.05) is 15.8 Å². The topological polar surface area (TPSA) is 135 Å². The highest BCUT2D eigenvalue weighted by atomic mass is 127. The molecule has 0 bridgehead atoms. The molecule has 0 radical (unpaired) electrons. The molecule has 0 amide bonds. The monoisotopic (exact) mass is 568 g/mol. The summed E-state index contributed by atoms with van der Waals surface area (Å²) >= 11 is 3.26. The normalized spacial score (nSPS) is 11.4. The van der Waals surface area contributed by atoms with Gasteiger partial charge in [-0.3, -0.25) is 13.2 Å². The van der Waals surface area contributed by atoms with Crippen LogP contribution < -0.4 is 19.3 Å². The largest absolute Gasteiger partial charge is 0.472 e. The highest BCUT2D eigenvalue weighted by Gasteiger charge is 2.18. The average Bonchev–Trinajstić information content (AvgIpc) is 3.44. The number of thiazole rings is 1. The van der Waals surface area contributed by atoms with Crippen LogP contribution in [0.15, 0.2) is 69.9 Å². The number of pyridine rings is 1. The highest BCUT2D eigenvalue weighted by Crippen LogP contribution is 2.33. The fourth-order valence-electron chi connectivity index (χ4n) is 2.83. The third kappa shape index (κ3) is 4.98. The van der Waals surface area contributed by atoms with Gasteiger partial charge in [0, 0.05) is 52.1 Å². The van der Waals surface area contributed by atoms with E-state index in [1.807, 2.05) is 12.1 Å². The fourth-order valence-corrected chi connectivity index (χ4v) is 5.05. The molecular weight excluding hydrogens is 551 g/mol. The summed E-state index contributed by atoms with van der Waals surface area (Å²) in [7, 11) is -3.79. The molecule has 0 unspecified atom stereocenters. The molecule has 0 spiro atoms. The maximum atomic E-state index is 12.6. The molecular formula is C19H17IN6O3S2. The van der Waals surface area contributed by atoms with Crippen molar-refractivity contribution < 1.29 is 12.8 Å². The van der Waals surface area contributed by atoms with Crippen molar-refractivity contribution in [2.24, 2.45) is 0 Å². The molecule has 4 rings (SSSR count). The molecule has 4 aromatic rings. The number of nitrogens with one attached hydrogen (secondary N) is 3. The lowest BCUT2D eigenvalue weighted by atomic mass is 10.1. The van der Waals surface area contributed by atoms with Crippen LogP contribution in [0.3, 0.4) is 0 Å². The predicted molar refractivity (Wildman–Crippen MR) is 130 cm³/mol. The maximum Gasteiger partial charge on any atom is 0.263 e. The van der Waals surface area contributed by atoms with Crippen LogP contribution in [0.1, 0.15) is 5.69 Å². The zero-order valence-electron chi connectivity index (χ0n) is 15.9. The number of nitrogens with two attached hydrogens (primary N) is 1. The lowest BCUT2D eigenvalue weighted by Gasteiger charge is -2.15. The molecule has 9 nitrogen and oxygen atoms in total. The van der Waals surface area contributed by atoms with Gasteiger partial charge in [0.1, 0.15) is 0 Å². The number of sulfonamides is 1. The van der Waals surface area contributed by atoms with Crippen LogP contribution in [0.2, 0.25) is 0 Å².